The lowest BCUT2D eigenvalue weighted by atomic mass is 10.3. The minimum atomic E-state index is 0.00377. The first-order valence-corrected chi connectivity index (χ1v) is 7.47. The summed E-state index contributed by atoms with van der Waals surface area (Å²) in [6.45, 7) is 8.01. The summed E-state index contributed by atoms with van der Waals surface area (Å²) in [5.41, 5.74) is 0.738. The maximum absolute atomic E-state index is 11.8. The lowest BCUT2D eigenvalue weighted by Gasteiger charge is -2.27. The van der Waals surface area contributed by atoms with Crippen molar-refractivity contribution < 1.29 is 9.53 Å². The summed E-state index contributed by atoms with van der Waals surface area (Å²) in [6.07, 6.45) is 2.17. The third-order valence-electron chi connectivity index (χ3n) is 3.27. The van der Waals surface area contributed by atoms with E-state index in [1.54, 1.807) is 6.20 Å². The van der Waals surface area contributed by atoms with E-state index in [0.717, 1.165) is 37.8 Å². The molecule has 116 valence electrons. The Bertz CT molecular complexity index is 441. The summed E-state index contributed by atoms with van der Waals surface area (Å²) >= 11 is 0. The molecule has 0 spiro atoms. The molecule has 0 aromatic carbocycles. The van der Waals surface area contributed by atoms with Gasteiger partial charge in [0.15, 0.2) is 0 Å². The average Bonchev–Trinajstić information content (AvgIpc) is 2.48. The van der Waals surface area contributed by atoms with Crippen LogP contribution in [0.3, 0.4) is 0 Å². The maximum Gasteiger partial charge on any atom is 0.225 e. The molecule has 6 heteroatoms. The zero-order valence-electron chi connectivity index (χ0n) is 12.8. The first-order valence-electron chi connectivity index (χ1n) is 7.47. The topological polar surface area (TPSA) is 66.5 Å². The Hall–Kier alpha value is -1.66. The van der Waals surface area contributed by atoms with E-state index in [1.165, 1.54) is 0 Å². The van der Waals surface area contributed by atoms with Crippen LogP contribution in [-0.2, 0) is 9.53 Å². The Kier molecular flexibility index (Phi) is 5.95. The fourth-order valence-corrected chi connectivity index (χ4v) is 2.14. The Morgan fingerprint density at radius 1 is 1.38 bits per heavy atom. The number of amides is 1. The highest BCUT2D eigenvalue weighted by Crippen LogP contribution is 2.15. The highest BCUT2D eigenvalue weighted by atomic mass is 16.5. The van der Waals surface area contributed by atoms with Gasteiger partial charge in [-0.15, -0.1) is 0 Å². The summed E-state index contributed by atoms with van der Waals surface area (Å²) in [5, 5.41) is 6.08. The van der Waals surface area contributed by atoms with E-state index in [-0.39, 0.29) is 5.91 Å². The zero-order valence-corrected chi connectivity index (χ0v) is 12.8. The number of ether oxygens (including phenoxy) is 1. The van der Waals surface area contributed by atoms with Gasteiger partial charge in [0.25, 0.3) is 0 Å². The smallest absolute Gasteiger partial charge is 0.225 e. The number of aromatic nitrogens is 1. The lowest BCUT2D eigenvalue weighted by molar-refractivity contribution is -0.116. The van der Waals surface area contributed by atoms with E-state index in [1.807, 2.05) is 12.1 Å². The van der Waals surface area contributed by atoms with E-state index in [9.17, 15) is 4.79 Å². The molecule has 1 aromatic heterocycles. The Labute approximate surface area is 125 Å². The number of hydrogen-bond acceptors (Lipinski definition) is 5. The van der Waals surface area contributed by atoms with Gasteiger partial charge < -0.3 is 20.3 Å². The number of nitrogens with zero attached hydrogens (tertiary/aromatic N) is 2. The molecular formula is C15H24N4O2. The number of carbonyl (C=O) groups is 1. The minimum Gasteiger partial charge on any atom is -0.378 e. The molecule has 2 heterocycles. The van der Waals surface area contributed by atoms with E-state index in [2.05, 4.69) is 34.4 Å². The number of anilines is 2. The monoisotopic (exact) mass is 292 g/mol. The highest BCUT2D eigenvalue weighted by molar-refractivity contribution is 5.90. The number of pyridine rings is 1. The van der Waals surface area contributed by atoms with Crippen molar-refractivity contribution in [2.45, 2.75) is 26.3 Å². The van der Waals surface area contributed by atoms with E-state index in [4.69, 9.17) is 4.74 Å². The van der Waals surface area contributed by atoms with Crippen LogP contribution in [0.2, 0.25) is 0 Å². The van der Waals surface area contributed by atoms with Crippen molar-refractivity contribution in [3.05, 3.63) is 18.3 Å². The normalized spacial score (nSPS) is 15.3. The van der Waals surface area contributed by atoms with E-state index in [0.29, 0.717) is 19.0 Å². The molecule has 1 aliphatic rings. The van der Waals surface area contributed by atoms with Gasteiger partial charge in [-0.25, -0.2) is 4.98 Å². The molecule has 2 N–H and O–H groups in total. The summed E-state index contributed by atoms with van der Waals surface area (Å²) in [5.74, 6) is 0.932. The van der Waals surface area contributed by atoms with Gasteiger partial charge in [0.1, 0.15) is 5.82 Å². The van der Waals surface area contributed by atoms with Gasteiger partial charge in [-0.3, -0.25) is 4.79 Å². The number of hydrogen-bond donors (Lipinski definition) is 2. The molecule has 21 heavy (non-hydrogen) atoms. The second-order valence-electron chi connectivity index (χ2n) is 5.41. The van der Waals surface area contributed by atoms with Crippen molar-refractivity contribution in [3.8, 4) is 0 Å². The largest absolute Gasteiger partial charge is 0.378 e. The first kappa shape index (κ1) is 15.7. The van der Waals surface area contributed by atoms with Gasteiger partial charge in [0.05, 0.1) is 25.1 Å². The van der Waals surface area contributed by atoms with Crippen LogP contribution in [0.4, 0.5) is 11.5 Å². The molecule has 2 rings (SSSR count). The van der Waals surface area contributed by atoms with Crippen LogP contribution in [0.1, 0.15) is 20.3 Å². The molecule has 6 nitrogen and oxygen atoms in total. The molecule has 0 bridgehead atoms. The van der Waals surface area contributed by atoms with Crippen molar-refractivity contribution in [2.75, 3.05) is 43.1 Å². The molecule has 1 aromatic rings. The van der Waals surface area contributed by atoms with Gasteiger partial charge in [0.2, 0.25) is 5.91 Å². The SMILES string of the molecule is CC(C)NCCC(=O)Nc1ccc(N2CCOCC2)nc1. The number of nitrogens with one attached hydrogen (secondary N) is 2. The molecule has 1 aliphatic heterocycles. The highest BCUT2D eigenvalue weighted by Gasteiger charge is 2.12. The van der Waals surface area contributed by atoms with E-state index >= 15 is 0 Å². The van der Waals surface area contributed by atoms with Gasteiger partial charge >= 0.3 is 0 Å². The molecule has 0 radical (unpaired) electrons. The van der Waals surface area contributed by atoms with Crippen molar-refractivity contribution in [1.82, 2.24) is 10.3 Å². The predicted molar refractivity (Wildman–Crippen MR) is 83.7 cm³/mol. The average molecular weight is 292 g/mol. The van der Waals surface area contributed by atoms with Crippen LogP contribution in [0.5, 0.6) is 0 Å². The van der Waals surface area contributed by atoms with Crippen LogP contribution in [0.15, 0.2) is 18.3 Å². The molecule has 1 amide bonds. The predicted octanol–water partition coefficient (Wildman–Crippen LogP) is 1.24. The molecule has 0 aliphatic carbocycles. The minimum absolute atomic E-state index is 0.00377. The van der Waals surface area contributed by atoms with Gasteiger partial charge in [-0.2, -0.15) is 0 Å². The standard InChI is InChI=1S/C15H24N4O2/c1-12(2)16-6-5-15(20)18-13-3-4-14(17-11-13)19-7-9-21-10-8-19/h3-4,11-12,16H,5-10H2,1-2H3,(H,18,20). The summed E-state index contributed by atoms with van der Waals surface area (Å²) in [6, 6.07) is 4.23. The van der Waals surface area contributed by atoms with Crippen molar-refractivity contribution in [1.29, 1.82) is 0 Å². The molecule has 0 saturated carbocycles. The first-order chi connectivity index (χ1) is 10.1. The third kappa shape index (κ3) is 5.32. The second kappa shape index (κ2) is 7.95. The zero-order chi connectivity index (χ0) is 15.1. The third-order valence-corrected chi connectivity index (χ3v) is 3.27. The van der Waals surface area contributed by atoms with Crippen LogP contribution >= 0.6 is 0 Å². The van der Waals surface area contributed by atoms with Crippen molar-refractivity contribution >= 4 is 17.4 Å². The van der Waals surface area contributed by atoms with Crippen LogP contribution in [-0.4, -0.2) is 49.8 Å². The Morgan fingerprint density at radius 2 is 2.14 bits per heavy atom. The quantitative estimate of drug-likeness (QED) is 0.826. The summed E-state index contributed by atoms with van der Waals surface area (Å²) < 4.78 is 5.32. The fraction of sp³-hybridized carbons (Fsp3) is 0.600. The Morgan fingerprint density at radius 3 is 2.76 bits per heavy atom. The maximum atomic E-state index is 11.8. The summed E-state index contributed by atoms with van der Waals surface area (Å²) in [7, 11) is 0. The van der Waals surface area contributed by atoms with Crippen molar-refractivity contribution in [3.63, 3.8) is 0 Å². The summed E-state index contributed by atoms with van der Waals surface area (Å²) in [4.78, 5) is 18.4. The molecule has 1 saturated heterocycles. The van der Waals surface area contributed by atoms with Gasteiger partial charge in [-0.1, -0.05) is 13.8 Å². The molecular weight excluding hydrogens is 268 g/mol. The molecule has 0 atom stereocenters. The van der Waals surface area contributed by atoms with Gasteiger partial charge in [0, 0.05) is 32.1 Å². The van der Waals surface area contributed by atoms with Crippen LogP contribution in [0, 0.1) is 0 Å². The van der Waals surface area contributed by atoms with Gasteiger partial charge in [-0.05, 0) is 12.1 Å². The number of carbonyl (C=O) groups excluding carboxylic acids is 1. The second-order valence-corrected chi connectivity index (χ2v) is 5.41. The Balaban J connectivity index is 1.80. The lowest BCUT2D eigenvalue weighted by Crippen LogP contribution is -2.36. The number of morpholine rings is 1. The van der Waals surface area contributed by atoms with Crippen LogP contribution < -0.4 is 15.5 Å². The van der Waals surface area contributed by atoms with Crippen molar-refractivity contribution in [2.24, 2.45) is 0 Å². The molecule has 1 fully saturated rings. The van der Waals surface area contributed by atoms with E-state index < -0.39 is 0 Å². The number of rotatable bonds is 6. The fourth-order valence-electron chi connectivity index (χ4n) is 2.14. The molecule has 0 unspecified atom stereocenters. The van der Waals surface area contributed by atoms with Crippen LogP contribution in [0.25, 0.3) is 0 Å².